The first kappa shape index (κ1) is 19.4. The lowest BCUT2D eigenvalue weighted by Crippen LogP contribution is -2.46. The van der Waals surface area contributed by atoms with Crippen molar-refractivity contribution in [2.75, 3.05) is 0 Å². The van der Waals surface area contributed by atoms with Crippen molar-refractivity contribution in [2.24, 2.45) is 13.0 Å². The van der Waals surface area contributed by atoms with Crippen LogP contribution in [0.15, 0.2) is 36.5 Å². The number of aromatic nitrogens is 1. The van der Waals surface area contributed by atoms with Crippen LogP contribution in [0.3, 0.4) is 0 Å². The predicted molar refractivity (Wildman–Crippen MR) is 116 cm³/mol. The van der Waals surface area contributed by atoms with E-state index in [0.29, 0.717) is 5.92 Å². The SMILES string of the molecule is Cc1ccccc1-c1cc([Si](C)(C)C)c(C(C)C2CCCCC2)c[n+]1C. The molecule has 0 radical (unpaired) electrons. The number of rotatable bonds is 4. The minimum absolute atomic E-state index is 0.675. The maximum absolute atomic E-state index is 2.53. The van der Waals surface area contributed by atoms with Crippen LogP contribution in [0.2, 0.25) is 19.6 Å². The summed E-state index contributed by atoms with van der Waals surface area (Å²) in [5.41, 5.74) is 5.71. The van der Waals surface area contributed by atoms with Crippen molar-refractivity contribution in [2.45, 2.75) is 71.5 Å². The molecule has 1 atom stereocenters. The highest BCUT2D eigenvalue weighted by Crippen LogP contribution is 2.36. The maximum Gasteiger partial charge on any atom is 0.212 e. The molecule has 0 aliphatic heterocycles. The maximum atomic E-state index is 2.53. The molecule has 26 heavy (non-hydrogen) atoms. The second kappa shape index (κ2) is 7.68. The largest absolute Gasteiger partial charge is 0.212 e. The van der Waals surface area contributed by atoms with Crippen molar-refractivity contribution in [1.82, 2.24) is 0 Å². The third-order valence-corrected chi connectivity index (χ3v) is 8.43. The highest BCUT2D eigenvalue weighted by Gasteiger charge is 2.31. The molecule has 1 aliphatic rings. The number of nitrogens with zero attached hydrogens (tertiary/aromatic N) is 1. The third kappa shape index (κ3) is 3.96. The Hall–Kier alpha value is -1.41. The van der Waals surface area contributed by atoms with Gasteiger partial charge < -0.3 is 0 Å². The molecular formula is C24H36NSi+. The van der Waals surface area contributed by atoms with Crippen molar-refractivity contribution < 1.29 is 4.57 Å². The predicted octanol–water partition coefficient (Wildman–Crippen LogP) is 5.72. The Balaban J connectivity index is 2.11. The van der Waals surface area contributed by atoms with Gasteiger partial charge in [-0.2, -0.15) is 0 Å². The summed E-state index contributed by atoms with van der Waals surface area (Å²) in [6.07, 6.45) is 9.57. The molecule has 2 aromatic rings. The molecule has 0 bridgehead atoms. The van der Waals surface area contributed by atoms with Gasteiger partial charge in [-0.25, -0.2) is 4.57 Å². The molecule has 1 aliphatic carbocycles. The molecule has 0 spiro atoms. The monoisotopic (exact) mass is 366 g/mol. The Morgan fingerprint density at radius 2 is 1.69 bits per heavy atom. The van der Waals surface area contributed by atoms with Crippen LogP contribution >= 0.6 is 0 Å². The molecule has 0 amide bonds. The van der Waals surface area contributed by atoms with Crippen LogP contribution < -0.4 is 9.75 Å². The molecule has 0 saturated heterocycles. The zero-order chi connectivity index (χ0) is 18.9. The van der Waals surface area contributed by atoms with E-state index in [1.54, 1.807) is 10.8 Å². The van der Waals surface area contributed by atoms with Crippen molar-refractivity contribution in [3.8, 4) is 11.3 Å². The zero-order valence-electron chi connectivity index (χ0n) is 17.6. The molecular weight excluding hydrogens is 330 g/mol. The Bertz CT molecular complexity index is 766. The average molecular weight is 367 g/mol. The summed E-state index contributed by atoms with van der Waals surface area (Å²) in [4.78, 5) is 0. The van der Waals surface area contributed by atoms with E-state index >= 15 is 0 Å². The molecule has 140 valence electrons. The van der Waals surface area contributed by atoms with Crippen LogP contribution in [-0.4, -0.2) is 8.07 Å². The average Bonchev–Trinajstić information content (AvgIpc) is 2.61. The van der Waals surface area contributed by atoms with Crippen LogP contribution in [0.1, 0.15) is 56.1 Å². The fraction of sp³-hybridized carbons (Fsp3) is 0.542. The summed E-state index contributed by atoms with van der Waals surface area (Å²) in [6, 6.07) is 11.3. The van der Waals surface area contributed by atoms with E-state index in [1.807, 2.05) is 0 Å². The summed E-state index contributed by atoms with van der Waals surface area (Å²) in [5.74, 6) is 1.54. The first-order chi connectivity index (χ1) is 12.3. The number of pyridine rings is 1. The van der Waals surface area contributed by atoms with Gasteiger partial charge in [0.1, 0.15) is 7.05 Å². The Morgan fingerprint density at radius 3 is 2.31 bits per heavy atom. The van der Waals surface area contributed by atoms with E-state index in [1.165, 1.54) is 48.9 Å². The van der Waals surface area contributed by atoms with Crippen molar-refractivity contribution in [1.29, 1.82) is 0 Å². The van der Waals surface area contributed by atoms with Gasteiger partial charge in [0.25, 0.3) is 0 Å². The summed E-state index contributed by atoms with van der Waals surface area (Å²) in [6.45, 7) is 12.2. The van der Waals surface area contributed by atoms with Gasteiger partial charge in [-0.15, -0.1) is 0 Å². The number of aryl methyl sites for hydroxylation is 2. The quantitative estimate of drug-likeness (QED) is 0.481. The molecule has 2 heteroatoms. The second-order valence-electron chi connectivity index (χ2n) is 9.39. The first-order valence-corrected chi connectivity index (χ1v) is 13.9. The number of benzene rings is 1. The van der Waals surface area contributed by atoms with Crippen LogP contribution in [0.25, 0.3) is 11.3 Å². The fourth-order valence-corrected chi connectivity index (χ4v) is 6.43. The number of hydrogen-bond acceptors (Lipinski definition) is 0. The first-order valence-electron chi connectivity index (χ1n) is 10.4. The van der Waals surface area contributed by atoms with Crippen LogP contribution in [0, 0.1) is 12.8 Å². The second-order valence-corrected chi connectivity index (χ2v) is 14.4. The highest BCUT2D eigenvalue weighted by atomic mass is 28.3. The van der Waals surface area contributed by atoms with Crippen molar-refractivity contribution >= 4 is 13.3 Å². The lowest BCUT2D eigenvalue weighted by molar-refractivity contribution is -0.660. The molecule has 1 fully saturated rings. The minimum atomic E-state index is -1.42. The molecule has 1 aromatic carbocycles. The van der Waals surface area contributed by atoms with Crippen LogP contribution in [-0.2, 0) is 7.05 Å². The van der Waals surface area contributed by atoms with Gasteiger partial charge in [-0.3, -0.25) is 0 Å². The molecule has 1 unspecified atom stereocenters. The molecule has 1 heterocycles. The van der Waals surface area contributed by atoms with Crippen molar-refractivity contribution in [3.05, 3.63) is 47.7 Å². The Kier molecular flexibility index (Phi) is 5.72. The van der Waals surface area contributed by atoms with Gasteiger partial charge in [-0.05, 0) is 48.4 Å². The molecule has 1 saturated carbocycles. The Labute approximate surface area is 161 Å². The van der Waals surface area contributed by atoms with Gasteiger partial charge in [-0.1, -0.05) is 64.0 Å². The van der Waals surface area contributed by atoms with E-state index < -0.39 is 8.07 Å². The normalized spacial score (nSPS) is 17.3. The summed E-state index contributed by atoms with van der Waals surface area (Å²) in [5, 5.41) is 1.66. The van der Waals surface area contributed by atoms with Crippen LogP contribution in [0.4, 0.5) is 0 Å². The standard InChI is InChI=1S/C24H36NSi/c1-18-12-10-11-15-21(18)23-16-24(26(4,5)6)22(17-25(23)3)19(2)20-13-8-7-9-14-20/h10-12,15-17,19-20H,7-9,13-14H2,1-6H3/q+1. The van der Waals surface area contributed by atoms with E-state index in [0.717, 1.165) is 5.92 Å². The van der Waals surface area contributed by atoms with Gasteiger partial charge in [0.2, 0.25) is 5.69 Å². The lowest BCUT2D eigenvalue weighted by Gasteiger charge is -2.31. The highest BCUT2D eigenvalue weighted by molar-refractivity contribution is 6.89. The van der Waals surface area contributed by atoms with Gasteiger partial charge in [0.15, 0.2) is 6.20 Å². The van der Waals surface area contributed by atoms with Crippen molar-refractivity contribution in [3.63, 3.8) is 0 Å². The molecule has 1 aromatic heterocycles. The zero-order valence-corrected chi connectivity index (χ0v) is 18.6. The van der Waals surface area contributed by atoms with E-state index in [4.69, 9.17) is 0 Å². The summed E-state index contributed by atoms with van der Waals surface area (Å²) >= 11 is 0. The fourth-order valence-electron chi connectivity index (χ4n) is 4.70. The Morgan fingerprint density at radius 1 is 1.04 bits per heavy atom. The molecule has 0 N–H and O–H groups in total. The van der Waals surface area contributed by atoms with Gasteiger partial charge in [0, 0.05) is 17.2 Å². The smallest absolute Gasteiger partial charge is 0.201 e. The van der Waals surface area contributed by atoms with E-state index in [9.17, 15) is 0 Å². The molecule has 1 nitrogen and oxygen atoms in total. The topological polar surface area (TPSA) is 3.88 Å². The van der Waals surface area contributed by atoms with E-state index in [2.05, 4.69) is 81.6 Å². The third-order valence-electron chi connectivity index (χ3n) is 6.38. The molecule has 3 rings (SSSR count). The lowest BCUT2D eigenvalue weighted by atomic mass is 9.78. The van der Waals surface area contributed by atoms with E-state index in [-0.39, 0.29) is 0 Å². The number of hydrogen-bond donors (Lipinski definition) is 0. The van der Waals surface area contributed by atoms with Crippen LogP contribution in [0.5, 0.6) is 0 Å². The minimum Gasteiger partial charge on any atom is -0.201 e. The van der Waals surface area contributed by atoms with Gasteiger partial charge >= 0.3 is 0 Å². The van der Waals surface area contributed by atoms with Gasteiger partial charge in [0.05, 0.1) is 8.07 Å². The summed E-state index contributed by atoms with van der Waals surface area (Å²) < 4.78 is 2.38. The summed E-state index contributed by atoms with van der Waals surface area (Å²) in [7, 11) is 0.807.